The van der Waals surface area contributed by atoms with Crippen molar-refractivity contribution in [1.29, 1.82) is 0 Å². The highest BCUT2D eigenvalue weighted by Gasteiger charge is 2.17. The molecule has 3 aromatic rings. The number of fused-ring (bicyclic) bond motifs is 1. The number of benzene rings is 1. The molecule has 0 amide bonds. The van der Waals surface area contributed by atoms with Gasteiger partial charge in [0.05, 0.1) is 18.3 Å². The van der Waals surface area contributed by atoms with Crippen LogP contribution in [0.15, 0.2) is 41.5 Å². The number of ether oxygens (including phenoxy) is 1. The molecule has 0 bridgehead atoms. The zero-order valence-corrected chi connectivity index (χ0v) is 14.4. The molecule has 0 saturated carbocycles. The number of nitrogens with zero attached hydrogens (tertiary/aromatic N) is 2. The summed E-state index contributed by atoms with van der Waals surface area (Å²) in [6.07, 6.45) is 2.17. The molecular formula is C18H18N2O3S. The highest BCUT2D eigenvalue weighted by Crippen LogP contribution is 2.35. The van der Waals surface area contributed by atoms with Crippen LogP contribution in [0.1, 0.15) is 18.2 Å². The van der Waals surface area contributed by atoms with Gasteiger partial charge in [0.2, 0.25) is 0 Å². The molecule has 0 N–H and O–H groups in total. The highest BCUT2D eigenvalue weighted by atomic mass is 32.1. The number of rotatable bonds is 5. The monoisotopic (exact) mass is 342 g/mol. The number of thiophene rings is 1. The predicted molar refractivity (Wildman–Crippen MR) is 95.3 cm³/mol. The molecule has 124 valence electrons. The SMILES string of the molecule is CCCOC(=O)Cn1cnc2sc(C)c(-c3ccccc3)c2c1=O. The van der Waals surface area contributed by atoms with Crippen molar-refractivity contribution in [2.45, 2.75) is 26.8 Å². The minimum atomic E-state index is -0.423. The highest BCUT2D eigenvalue weighted by molar-refractivity contribution is 7.19. The number of hydrogen-bond acceptors (Lipinski definition) is 5. The summed E-state index contributed by atoms with van der Waals surface area (Å²) in [5, 5.41) is 0.564. The van der Waals surface area contributed by atoms with Crippen LogP contribution in [-0.4, -0.2) is 22.1 Å². The van der Waals surface area contributed by atoms with Crippen molar-refractivity contribution in [1.82, 2.24) is 9.55 Å². The fraction of sp³-hybridized carbons (Fsp3) is 0.278. The van der Waals surface area contributed by atoms with Gasteiger partial charge in [-0.15, -0.1) is 11.3 Å². The van der Waals surface area contributed by atoms with E-state index in [4.69, 9.17) is 4.74 Å². The van der Waals surface area contributed by atoms with Gasteiger partial charge in [0, 0.05) is 10.4 Å². The Balaban J connectivity index is 2.08. The fourth-order valence-corrected chi connectivity index (χ4v) is 3.61. The number of aromatic nitrogens is 2. The van der Waals surface area contributed by atoms with Gasteiger partial charge in [-0.25, -0.2) is 4.98 Å². The van der Waals surface area contributed by atoms with Crippen LogP contribution in [-0.2, 0) is 16.1 Å². The van der Waals surface area contributed by atoms with Crippen LogP contribution in [0.4, 0.5) is 0 Å². The van der Waals surface area contributed by atoms with E-state index in [1.54, 1.807) is 0 Å². The average Bonchev–Trinajstić information content (AvgIpc) is 2.93. The van der Waals surface area contributed by atoms with Crippen LogP contribution in [0.25, 0.3) is 21.3 Å². The van der Waals surface area contributed by atoms with Crippen LogP contribution >= 0.6 is 11.3 Å². The Hall–Kier alpha value is -2.47. The molecule has 0 aliphatic rings. The first kappa shape index (κ1) is 16.4. The number of esters is 1. The minimum Gasteiger partial charge on any atom is -0.464 e. The second-order valence-corrected chi connectivity index (χ2v) is 6.68. The molecule has 0 aliphatic heterocycles. The van der Waals surface area contributed by atoms with Gasteiger partial charge in [0.25, 0.3) is 5.56 Å². The maximum absolute atomic E-state index is 12.9. The molecule has 3 rings (SSSR count). The van der Waals surface area contributed by atoms with E-state index in [-0.39, 0.29) is 12.1 Å². The lowest BCUT2D eigenvalue weighted by Crippen LogP contribution is -2.25. The van der Waals surface area contributed by atoms with Crippen molar-refractivity contribution in [2.24, 2.45) is 0 Å². The maximum atomic E-state index is 12.9. The van der Waals surface area contributed by atoms with E-state index >= 15 is 0 Å². The average molecular weight is 342 g/mol. The van der Waals surface area contributed by atoms with Gasteiger partial charge in [0.15, 0.2) is 0 Å². The van der Waals surface area contributed by atoms with E-state index < -0.39 is 5.97 Å². The smallest absolute Gasteiger partial charge is 0.326 e. The lowest BCUT2D eigenvalue weighted by molar-refractivity contribution is -0.144. The molecule has 0 atom stereocenters. The molecule has 2 heterocycles. The van der Waals surface area contributed by atoms with Gasteiger partial charge >= 0.3 is 5.97 Å². The molecule has 5 nitrogen and oxygen atoms in total. The molecule has 1 aromatic carbocycles. The van der Waals surface area contributed by atoms with Crippen LogP contribution < -0.4 is 5.56 Å². The third kappa shape index (κ3) is 3.10. The van der Waals surface area contributed by atoms with Crippen LogP contribution in [0, 0.1) is 6.92 Å². The Morgan fingerprint density at radius 1 is 1.29 bits per heavy atom. The molecule has 2 aromatic heterocycles. The van der Waals surface area contributed by atoms with Crippen molar-refractivity contribution in [3.05, 3.63) is 51.9 Å². The minimum absolute atomic E-state index is 0.120. The number of hydrogen-bond donors (Lipinski definition) is 0. The maximum Gasteiger partial charge on any atom is 0.326 e. The lowest BCUT2D eigenvalue weighted by Gasteiger charge is -2.06. The largest absolute Gasteiger partial charge is 0.464 e. The van der Waals surface area contributed by atoms with Crippen molar-refractivity contribution >= 4 is 27.5 Å². The normalized spacial score (nSPS) is 10.9. The van der Waals surface area contributed by atoms with Gasteiger partial charge in [0.1, 0.15) is 11.4 Å². The summed E-state index contributed by atoms with van der Waals surface area (Å²) in [6.45, 7) is 4.14. The van der Waals surface area contributed by atoms with Gasteiger partial charge in [-0.3, -0.25) is 14.2 Å². The quantitative estimate of drug-likeness (QED) is 0.667. The molecule has 0 radical (unpaired) electrons. The summed E-state index contributed by atoms with van der Waals surface area (Å²) in [6, 6.07) is 9.76. The Morgan fingerprint density at radius 2 is 2.04 bits per heavy atom. The summed E-state index contributed by atoms with van der Waals surface area (Å²) < 4.78 is 6.38. The van der Waals surface area contributed by atoms with Gasteiger partial charge in [-0.05, 0) is 18.9 Å². The number of carbonyl (C=O) groups excluding carboxylic acids is 1. The summed E-state index contributed by atoms with van der Waals surface area (Å²) in [5.74, 6) is -0.423. The summed E-state index contributed by atoms with van der Waals surface area (Å²) in [5.41, 5.74) is 1.66. The molecule has 0 spiro atoms. The third-order valence-corrected chi connectivity index (χ3v) is 4.70. The molecule has 6 heteroatoms. The number of aryl methyl sites for hydroxylation is 1. The third-order valence-electron chi connectivity index (χ3n) is 3.68. The van der Waals surface area contributed by atoms with Crippen molar-refractivity contribution in [2.75, 3.05) is 6.61 Å². The van der Waals surface area contributed by atoms with E-state index in [1.165, 1.54) is 22.2 Å². The van der Waals surface area contributed by atoms with E-state index in [0.717, 1.165) is 22.4 Å². The molecule has 24 heavy (non-hydrogen) atoms. The van der Waals surface area contributed by atoms with E-state index in [0.29, 0.717) is 16.8 Å². The molecule has 0 aliphatic carbocycles. The topological polar surface area (TPSA) is 61.2 Å². The van der Waals surface area contributed by atoms with Crippen LogP contribution in [0.2, 0.25) is 0 Å². The Morgan fingerprint density at radius 3 is 2.75 bits per heavy atom. The zero-order valence-electron chi connectivity index (χ0n) is 13.6. The zero-order chi connectivity index (χ0) is 17.1. The van der Waals surface area contributed by atoms with Gasteiger partial charge in [-0.2, -0.15) is 0 Å². The van der Waals surface area contributed by atoms with E-state index in [9.17, 15) is 9.59 Å². The van der Waals surface area contributed by atoms with Crippen LogP contribution in [0.3, 0.4) is 0 Å². The first-order valence-corrected chi connectivity index (χ1v) is 8.63. The Labute approximate surface area is 143 Å². The predicted octanol–water partition coefficient (Wildman–Crippen LogP) is 3.39. The first-order chi connectivity index (χ1) is 11.6. The fourth-order valence-electron chi connectivity index (χ4n) is 2.60. The summed E-state index contributed by atoms with van der Waals surface area (Å²) in [4.78, 5) is 30.8. The number of carbonyl (C=O) groups is 1. The molecule has 0 saturated heterocycles. The molecular weight excluding hydrogens is 324 g/mol. The lowest BCUT2D eigenvalue weighted by atomic mass is 10.0. The van der Waals surface area contributed by atoms with Crippen molar-refractivity contribution in [3.8, 4) is 11.1 Å². The van der Waals surface area contributed by atoms with E-state index in [2.05, 4.69) is 4.98 Å². The second kappa shape index (κ2) is 6.97. The van der Waals surface area contributed by atoms with Gasteiger partial charge < -0.3 is 4.74 Å². The van der Waals surface area contributed by atoms with E-state index in [1.807, 2.05) is 44.2 Å². The Kier molecular flexibility index (Phi) is 4.76. The summed E-state index contributed by atoms with van der Waals surface area (Å²) in [7, 11) is 0. The first-order valence-electron chi connectivity index (χ1n) is 7.81. The Bertz CT molecular complexity index is 929. The van der Waals surface area contributed by atoms with Gasteiger partial charge in [-0.1, -0.05) is 37.3 Å². The second-order valence-electron chi connectivity index (χ2n) is 5.48. The standard InChI is InChI=1S/C18H18N2O3S/c1-3-9-23-14(21)10-20-11-19-17-16(18(20)22)15(12(2)24-17)13-7-5-4-6-8-13/h4-8,11H,3,9-10H2,1-2H3. The van der Waals surface area contributed by atoms with Crippen LogP contribution in [0.5, 0.6) is 0 Å². The van der Waals surface area contributed by atoms with Crippen molar-refractivity contribution < 1.29 is 9.53 Å². The molecule has 0 unspecified atom stereocenters. The molecule has 0 fully saturated rings. The summed E-state index contributed by atoms with van der Waals surface area (Å²) >= 11 is 1.49. The van der Waals surface area contributed by atoms with Crippen molar-refractivity contribution in [3.63, 3.8) is 0 Å².